The Balaban J connectivity index is 2.57. The monoisotopic (exact) mass is 260 g/mol. The summed E-state index contributed by atoms with van der Waals surface area (Å²) < 4.78 is 39.3. The molecule has 90 valence electrons. The first-order chi connectivity index (χ1) is 8.04. The van der Waals surface area contributed by atoms with Crippen LogP contribution in [0.2, 0.25) is 0 Å². The molecule has 0 saturated carbocycles. The first kappa shape index (κ1) is 12.0. The van der Waals surface area contributed by atoms with E-state index in [1.807, 2.05) is 0 Å². The molecule has 0 aliphatic heterocycles. The summed E-state index contributed by atoms with van der Waals surface area (Å²) in [6.45, 7) is 1.71. The van der Waals surface area contributed by atoms with Crippen molar-refractivity contribution in [3.05, 3.63) is 41.0 Å². The van der Waals surface area contributed by atoms with Crippen LogP contribution in [0, 0.1) is 24.4 Å². The van der Waals surface area contributed by atoms with E-state index in [-0.39, 0.29) is 17.3 Å². The molecule has 0 bridgehead atoms. The third-order valence-corrected chi connectivity index (χ3v) is 2.66. The maximum atomic E-state index is 13.5. The fourth-order valence-electron chi connectivity index (χ4n) is 1.46. The zero-order valence-electron chi connectivity index (χ0n) is 8.82. The van der Waals surface area contributed by atoms with Gasteiger partial charge in [0.15, 0.2) is 17.5 Å². The van der Waals surface area contributed by atoms with E-state index in [1.165, 1.54) is 0 Å². The van der Waals surface area contributed by atoms with Gasteiger partial charge in [0.2, 0.25) is 0 Å². The van der Waals surface area contributed by atoms with E-state index in [9.17, 15) is 13.2 Å². The second-order valence-corrected chi connectivity index (χ2v) is 3.78. The molecule has 2 rings (SSSR count). The van der Waals surface area contributed by atoms with E-state index in [0.29, 0.717) is 11.4 Å². The fourth-order valence-corrected chi connectivity index (χ4v) is 1.72. The Bertz CT molecular complexity index is 566. The number of hydrogen-bond acceptors (Lipinski definition) is 1. The third kappa shape index (κ3) is 2.02. The van der Waals surface area contributed by atoms with Gasteiger partial charge in [0.1, 0.15) is 5.82 Å². The maximum Gasteiger partial charge on any atom is 0.195 e. The number of halogens is 4. The van der Waals surface area contributed by atoms with Gasteiger partial charge in [-0.25, -0.2) is 18.2 Å². The van der Waals surface area contributed by atoms with Crippen LogP contribution in [0.4, 0.5) is 13.2 Å². The second kappa shape index (κ2) is 4.41. The maximum absolute atomic E-state index is 13.5. The molecule has 2 nitrogen and oxygen atoms in total. The normalized spacial score (nSPS) is 10.9. The van der Waals surface area contributed by atoms with Gasteiger partial charge in [-0.1, -0.05) is 0 Å². The summed E-state index contributed by atoms with van der Waals surface area (Å²) in [5, 5.41) is 0. The number of H-pyrrole nitrogens is 1. The molecule has 1 aromatic heterocycles. The summed E-state index contributed by atoms with van der Waals surface area (Å²) in [6, 6.07) is 1.98. The fraction of sp³-hybridized carbons (Fsp3) is 0.182. The number of rotatable bonds is 2. The topological polar surface area (TPSA) is 28.7 Å². The molecule has 0 amide bonds. The Morgan fingerprint density at radius 3 is 2.53 bits per heavy atom. The minimum Gasteiger partial charge on any atom is -0.342 e. The summed E-state index contributed by atoms with van der Waals surface area (Å²) >= 11 is 5.62. The molecule has 0 unspecified atom stereocenters. The van der Waals surface area contributed by atoms with Gasteiger partial charge in [-0.05, 0) is 19.1 Å². The lowest BCUT2D eigenvalue weighted by Gasteiger charge is -2.01. The average molecular weight is 261 g/mol. The lowest BCUT2D eigenvalue weighted by Crippen LogP contribution is -1.95. The molecule has 6 heteroatoms. The zero-order chi connectivity index (χ0) is 12.6. The van der Waals surface area contributed by atoms with Crippen LogP contribution in [0.5, 0.6) is 0 Å². The number of aromatic amines is 1. The van der Waals surface area contributed by atoms with E-state index in [1.54, 1.807) is 6.92 Å². The first-order valence-electron chi connectivity index (χ1n) is 4.80. The van der Waals surface area contributed by atoms with Crippen LogP contribution in [0.15, 0.2) is 12.1 Å². The van der Waals surface area contributed by atoms with Crippen LogP contribution in [0.25, 0.3) is 11.4 Å². The number of aromatic nitrogens is 2. The van der Waals surface area contributed by atoms with Crippen LogP contribution >= 0.6 is 11.6 Å². The Morgan fingerprint density at radius 2 is 1.94 bits per heavy atom. The number of aryl methyl sites for hydroxylation is 1. The SMILES string of the molecule is Cc1[nH]c(-c2ccc(F)c(F)c2F)nc1CCl. The van der Waals surface area contributed by atoms with Gasteiger partial charge in [0.05, 0.1) is 17.1 Å². The summed E-state index contributed by atoms with van der Waals surface area (Å²) in [7, 11) is 0. The molecule has 0 atom stereocenters. The molecular formula is C11H8ClF3N2. The summed E-state index contributed by atoms with van der Waals surface area (Å²) in [4.78, 5) is 6.79. The van der Waals surface area contributed by atoms with Crippen molar-refractivity contribution in [3.8, 4) is 11.4 Å². The van der Waals surface area contributed by atoms with Gasteiger partial charge in [0.25, 0.3) is 0 Å². The molecule has 0 fully saturated rings. The van der Waals surface area contributed by atoms with E-state index < -0.39 is 17.5 Å². The van der Waals surface area contributed by atoms with Crippen molar-refractivity contribution >= 4 is 11.6 Å². The number of imidazole rings is 1. The minimum atomic E-state index is -1.51. The van der Waals surface area contributed by atoms with Crippen molar-refractivity contribution in [1.29, 1.82) is 0 Å². The Hall–Kier alpha value is -1.49. The Kier molecular flexibility index (Phi) is 3.11. The van der Waals surface area contributed by atoms with Crippen molar-refractivity contribution in [2.45, 2.75) is 12.8 Å². The quantitative estimate of drug-likeness (QED) is 0.649. The molecule has 1 heterocycles. The molecule has 0 radical (unpaired) electrons. The number of hydrogen-bond donors (Lipinski definition) is 1. The second-order valence-electron chi connectivity index (χ2n) is 3.51. The van der Waals surface area contributed by atoms with Crippen LogP contribution < -0.4 is 0 Å². The first-order valence-corrected chi connectivity index (χ1v) is 5.33. The average Bonchev–Trinajstić information content (AvgIpc) is 2.67. The molecule has 0 saturated heterocycles. The zero-order valence-corrected chi connectivity index (χ0v) is 9.58. The van der Waals surface area contributed by atoms with E-state index in [2.05, 4.69) is 9.97 Å². The van der Waals surface area contributed by atoms with Crippen molar-refractivity contribution in [2.75, 3.05) is 0 Å². The number of benzene rings is 1. The smallest absolute Gasteiger partial charge is 0.195 e. The predicted molar refractivity (Wildman–Crippen MR) is 58.2 cm³/mol. The lowest BCUT2D eigenvalue weighted by atomic mass is 10.2. The molecule has 0 aliphatic carbocycles. The number of nitrogens with one attached hydrogen (secondary N) is 1. The van der Waals surface area contributed by atoms with Gasteiger partial charge in [-0.3, -0.25) is 0 Å². The summed E-state index contributed by atoms with van der Waals surface area (Å²) in [5.41, 5.74) is 1.09. The number of alkyl halides is 1. The van der Waals surface area contributed by atoms with Gasteiger partial charge in [-0.15, -0.1) is 11.6 Å². The van der Waals surface area contributed by atoms with E-state index >= 15 is 0 Å². The highest BCUT2D eigenvalue weighted by Gasteiger charge is 2.17. The molecule has 2 aromatic rings. The van der Waals surface area contributed by atoms with Crippen molar-refractivity contribution in [3.63, 3.8) is 0 Å². The highest BCUT2D eigenvalue weighted by molar-refractivity contribution is 6.17. The highest BCUT2D eigenvalue weighted by Crippen LogP contribution is 2.25. The van der Waals surface area contributed by atoms with E-state index in [4.69, 9.17) is 11.6 Å². The van der Waals surface area contributed by atoms with Gasteiger partial charge in [-0.2, -0.15) is 0 Å². The van der Waals surface area contributed by atoms with Crippen LogP contribution in [-0.2, 0) is 5.88 Å². The van der Waals surface area contributed by atoms with Crippen LogP contribution in [-0.4, -0.2) is 9.97 Å². The van der Waals surface area contributed by atoms with Crippen molar-refractivity contribution in [1.82, 2.24) is 9.97 Å². The molecule has 0 spiro atoms. The molecular weight excluding hydrogens is 253 g/mol. The minimum absolute atomic E-state index is 0.122. The summed E-state index contributed by atoms with van der Waals surface area (Å²) in [6.07, 6.45) is 0. The highest BCUT2D eigenvalue weighted by atomic mass is 35.5. The Labute approximate surface area is 100 Å². The Morgan fingerprint density at radius 1 is 1.24 bits per heavy atom. The van der Waals surface area contributed by atoms with Gasteiger partial charge in [0, 0.05) is 5.69 Å². The molecule has 0 aliphatic rings. The largest absolute Gasteiger partial charge is 0.342 e. The number of nitrogens with zero attached hydrogens (tertiary/aromatic N) is 1. The molecule has 17 heavy (non-hydrogen) atoms. The standard InChI is InChI=1S/C11H8ClF3N2/c1-5-8(4-12)17-11(16-5)6-2-3-7(13)10(15)9(6)14/h2-3H,4H2,1H3,(H,16,17). The molecule has 1 N–H and O–H groups in total. The van der Waals surface area contributed by atoms with Gasteiger partial charge < -0.3 is 4.98 Å². The van der Waals surface area contributed by atoms with Crippen molar-refractivity contribution < 1.29 is 13.2 Å². The van der Waals surface area contributed by atoms with Crippen LogP contribution in [0.3, 0.4) is 0 Å². The summed E-state index contributed by atoms with van der Waals surface area (Å²) in [5.74, 6) is -3.71. The molecule has 1 aromatic carbocycles. The van der Waals surface area contributed by atoms with Crippen molar-refractivity contribution in [2.24, 2.45) is 0 Å². The predicted octanol–water partition coefficient (Wildman–Crippen LogP) is 3.54. The van der Waals surface area contributed by atoms with Crippen LogP contribution in [0.1, 0.15) is 11.4 Å². The van der Waals surface area contributed by atoms with E-state index in [0.717, 1.165) is 12.1 Å². The van der Waals surface area contributed by atoms with Gasteiger partial charge >= 0.3 is 0 Å². The third-order valence-electron chi connectivity index (χ3n) is 2.40. The lowest BCUT2D eigenvalue weighted by molar-refractivity contribution is 0.448.